The van der Waals surface area contributed by atoms with Gasteiger partial charge in [-0.3, -0.25) is 14.5 Å². The zero-order valence-electron chi connectivity index (χ0n) is 23.7. The quantitative estimate of drug-likeness (QED) is 0.220. The Morgan fingerprint density at radius 3 is 2.65 bits per heavy atom. The molecule has 0 aromatic heterocycles. The molecule has 1 aliphatic heterocycles. The molecule has 8 heteroatoms. The van der Waals surface area contributed by atoms with Gasteiger partial charge in [-0.2, -0.15) is 0 Å². The maximum Gasteiger partial charge on any atom is 0.308 e. The summed E-state index contributed by atoms with van der Waals surface area (Å²) in [7, 11) is 0. The van der Waals surface area contributed by atoms with Crippen molar-refractivity contribution >= 4 is 35.1 Å². The summed E-state index contributed by atoms with van der Waals surface area (Å²) in [5.74, 6) is 0.391. The van der Waals surface area contributed by atoms with Gasteiger partial charge < -0.3 is 14.7 Å². The van der Waals surface area contributed by atoms with E-state index in [1.807, 2.05) is 35.2 Å². The minimum atomic E-state index is -1.00. The molecule has 0 bridgehead atoms. The van der Waals surface area contributed by atoms with Gasteiger partial charge in [0.1, 0.15) is 5.75 Å². The Morgan fingerprint density at radius 1 is 1.20 bits per heavy atom. The average Bonchev–Trinajstić information content (AvgIpc) is 2.89. The lowest BCUT2D eigenvalue weighted by Crippen LogP contribution is -2.67. The smallest absolute Gasteiger partial charge is 0.308 e. The van der Waals surface area contributed by atoms with Crippen LogP contribution in [0.15, 0.2) is 55.1 Å². The van der Waals surface area contributed by atoms with Gasteiger partial charge in [0.15, 0.2) is 0 Å². The number of carbonyl (C=O) groups is 2. The molecule has 2 aromatic carbocycles. The summed E-state index contributed by atoms with van der Waals surface area (Å²) < 4.78 is 5.44. The molecule has 1 amide bonds. The monoisotopic (exact) mass is 586 g/mol. The molecule has 6 nitrogen and oxygen atoms in total. The molecule has 2 aliphatic rings. The number of carbonyl (C=O) groups excluding carboxylic acids is 2. The minimum absolute atomic E-state index is 0.0374. The lowest BCUT2D eigenvalue weighted by atomic mass is 9.55. The number of benzene rings is 2. The zero-order valence-corrected chi connectivity index (χ0v) is 25.2. The Labute approximate surface area is 247 Å². The molecule has 1 N–H and O–H groups in total. The SMILES string of the molecule is C=CCN1CC[C@@]2(c3cccc(OC(C)=O)c3)C[C@@H](N(CC(C)C)C(=O)Cc3ccc(Cl)c(Cl)c3)CC[C@]2(O)C1. The first kappa shape index (κ1) is 30.6. The van der Waals surface area contributed by atoms with Gasteiger partial charge in [-0.25, -0.2) is 0 Å². The van der Waals surface area contributed by atoms with Crippen molar-refractivity contribution in [1.82, 2.24) is 9.80 Å². The Balaban J connectivity index is 1.70. The molecule has 1 aliphatic carbocycles. The molecule has 0 unspecified atom stereocenters. The maximum absolute atomic E-state index is 13.8. The summed E-state index contributed by atoms with van der Waals surface area (Å²) in [6.07, 6.45) is 4.69. The van der Waals surface area contributed by atoms with Crippen molar-refractivity contribution in [3.63, 3.8) is 0 Å². The lowest BCUT2D eigenvalue weighted by Gasteiger charge is -2.59. The number of halogens is 2. The van der Waals surface area contributed by atoms with Crippen molar-refractivity contribution in [2.24, 2.45) is 5.92 Å². The van der Waals surface area contributed by atoms with Gasteiger partial charge >= 0.3 is 5.97 Å². The van der Waals surface area contributed by atoms with Crippen molar-refractivity contribution in [3.05, 3.63) is 76.3 Å². The number of nitrogens with zero attached hydrogens (tertiary/aromatic N) is 2. The zero-order chi connectivity index (χ0) is 29.1. The molecule has 216 valence electrons. The van der Waals surface area contributed by atoms with Crippen LogP contribution in [0.25, 0.3) is 0 Å². The predicted molar refractivity (Wildman–Crippen MR) is 160 cm³/mol. The number of amides is 1. The number of esters is 1. The van der Waals surface area contributed by atoms with E-state index in [0.717, 1.165) is 17.7 Å². The first-order chi connectivity index (χ1) is 19.0. The molecule has 1 saturated carbocycles. The van der Waals surface area contributed by atoms with Crippen molar-refractivity contribution in [2.75, 3.05) is 26.2 Å². The van der Waals surface area contributed by atoms with Crippen LogP contribution < -0.4 is 4.74 Å². The van der Waals surface area contributed by atoms with Gasteiger partial charge in [0.25, 0.3) is 0 Å². The molecule has 2 aromatic rings. The van der Waals surface area contributed by atoms with Gasteiger partial charge in [-0.1, -0.05) is 61.3 Å². The molecule has 1 heterocycles. The van der Waals surface area contributed by atoms with Gasteiger partial charge in [0, 0.05) is 38.0 Å². The van der Waals surface area contributed by atoms with Gasteiger partial charge in [-0.05, 0) is 73.5 Å². The molecule has 1 saturated heterocycles. The lowest BCUT2D eigenvalue weighted by molar-refractivity contribution is -0.149. The molecule has 0 radical (unpaired) electrons. The van der Waals surface area contributed by atoms with E-state index < -0.39 is 11.0 Å². The van der Waals surface area contributed by atoms with Crippen LogP contribution in [0, 0.1) is 5.92 Å². The summed E-state index contributed by atoms with van der Waals surface area (Å²) in [4.78, 5) is 29.8. The summed E-state index contributed by atoms with van der Waals surface area (Å²) >= 11 is 12.3. The number of aliphatic hydroxyl groups is 1. The topological polar surface area (TPSA) is 70.1 Å². The van der Waals surface area contributed by atoms with E-state index in [4.69, 9.17) is 27.9 Å². The number of likely N-dealkylation sites (tertiary alicyclic amines) is 1. The van der Waals surface area contributed by atoms with Crippen LogP contribution >= 0.6 is 23.2 Å². The Morgan fingerprint density at radius 2 is 1.98 bits per heavy atom. The highest BCUT2D eigenvalue weighted by atomic mass is 35.5. The number of fused-ring (bicyclic) bond motifs is 1. The largest absolute Gasteiger partial charge is 0.427 e. The van der Waals surface area contributed by atoms with Crippen LogP contribution in [0.3, 0.4) is 0 Å². The van der Waals surface area contributed by atoms with Crippen LogP contribution in [-0.4, -0.2) is 64.6 Å². The number of rotatable bonds is 9. The highest BCUT2D eigenvalue weighted by Crippen LogP contribution is 2.53. The number of hydrogen-bond donors (Lipinski definition) is 1. The van der Waals surface area contributed by atoms with Gasteiger partial charge in [-0.15, -0.1) is 6.58 Å². The van der Waals surface area contributed by atoms with Crippen molar-refractivity contribution in [1.29, 1.82) is 0 Å². The normalized spacial score (nSPS) is 24.8. The first-order valence-electron chi connectivity index (χ1n) is 14.0. The van der Waals surface area contributed by atoms with Crippen molar-refractivity contribution < 1.29 is 19.4 Å². The van der Waals surface area contributed by atoms with E-state index in [9.17, 15) is 14.7 Å². The van der Waals surface area contributed by atoms with E-state index in [2.05, 4.69) is 25.3 Å². The van der Waals surface area contributed by atoms with E-state index in [1.165, 1.54) is 6.92 Å². The van der Waals surface area contributed by atoms with Crippen LogP contribution in [0.5, 0.6) is 5.75 Å². The highest BCUT2D eigenvalue weighted by molar-refractivity contribution is 6.42. The number of piperidine rings is 1. The number of β-amino-alcohol motifs (C(OH)–C–C–N with tert-alkyl or cyclic N) is 1. The molecule has 40 heavy (non-hydrogen) atoms. The fraction of sp³-hybridized carbons (Fsp3) is 0.500. The molecule has 0 spiro atoms. The first-order valence-corrected chi connectivity index (χ1v) is 14.8. The number of hydrogen-bond acceptors (Lipinski definition) is 5. The summed E-state index contributed by atoms with van der Waals surface area (Å²) in [6, 6.07) is 12.8. The standard InChI is InChI=1S/C32H40Cl2N2O4/c1-5-14-35-15-13-31(25-7-6-8-27(18-25)40-23(4)37)19-26(11-12-32(31,39)21-35)36(20-22(2)3)30(38)17-24-9-10-28(33)29(34)16-24/h5-10,16,18,22,26,39H,1,11-15,17,19-21H2,2-4H3/t26-,31-,32-/m0/s1. The van der Waals surface area contributed by atoms with Crippen LogP contribution in [0.1, 0.15) is 57.6 Å². The maximum atomic E-state index is 13.8. The molecular weight excluding hydrogens is 547 g/mol. The third-order valence-corrected chi connectivity index (χ3v) is 9.14. The fourth-order valence-corrected chi connectivity index (χ4v) is 6.95. The third-order valence-electron chi connectivity index (χ3n) is 8.40. The second-order valence-electron chi connectivity index (χ2n) is 11.8. The van der Waals surface area contributed by atoms with E-state index in [1.54, 1.807) is 18.2 Å². The van der Waals surface area contributed by atoms with Crippen LogP contribution in [0.4, 0.5) is 0 Å². The molecular formula is C32H40Cl2N2O4. The Hall–Kier alpha value is -2.38. The fourth-order valence-electron chi connectivity index (χ4n) is 6.63. The molecule has 4 rings (SSSR count). The summed E-state index contributed by atoms with van der Waals surface area (Å²) in [5, 5.41) is 13.3. The predicted octanol–water partition coefficient (Wildman–Crippen LogP) is 6.06. The second-order valence-corrected chi connectivity index (χ2v) is 12.6. The van der Waals surface area contributed by atoms with Crippen LogP contribution in [-0.2, 0) is 21.4 Å². The van der Waals surface area contributed by atoms with E-state index >= 15 is 0 Å². The summed E-state index contributed by atoms with van der Waals surface area (Å²) in [5.41, 5.74) is 0.152. The Kier molecular flexibility index (Phi) is 9.66. The highest BCUT2D eigenvalue weighted by Gasteiger charge is 2.58. The van der Waals surface area contributed by atoms with Crippen LogP contribution in [0.2, 0.25) is 10.0 Å². The van der Waals surface area contributed by atoms with Gasteiger partial charge in [0.05, 0.1) is 22.1 Å². The molecule has 2 fully saturated rings. The minimum Gasteiger partial charge on any atom is -0.427 e. The Bertz CT molecular complexity index is 1250. The second kappa shape index (κ2) is 12.6. The van der Waals surface area contributed by atoms with Gasteiger partial charge in [0.2, 0.25) is 5.91 Å². The summed E-state index contributed by atoms with van der Waals surface area (Å²) in [6.45, 7) is 12.1. The van der Waals surface area contributed by atoms with E-state index in [0.29, 0.717) is 61.1 Å². The van der Waals surface area contributed by atoms with E-state index in [-0.39, 0.29) is 30.3 Å². The average molecular weight is 588 g/mol. The number of ether oxygens (including phenoxy) is 1. The van der Waals surface area contributed by atoms with Crippen molar-refractivity contribution in [2.45, 2.75) is 69.9 Å². The third kappa shape index (κ3) is 6.57. The molecule has 3 atom stereocenters. The van der Waals surface area contributed by atoms with Crippen molar-refractivity contribution in [3.8, 4) is 5.75 Å².